The zero-order chi connectivity index (χ0) is 25.2. The minimum absolute atomic E-state index is 0.0575. The van der Waals surface area contributed by atoms with Crippen LogP contribution in [0.3, 0.4) is 0 Å². The second-order valence-corrected chi connectivity index (χ2v) is 9.95. The molecule has 2 N–H and O–H groups in total. The van der Waals surface area contributed by atoms with Crippen molar-refractivity contribution in [2.75, 3.05) is 10.2 Å². The maximum absolute atomic E-state index is 13.9. The van der Waals surface area contributed by atoms with E-state index in [1.54, 1.807) is 42.5 Å². The van der Waals surface area contributed by atoms with Crippen molar-refractivity contribution in [3.63, 3.8) is 0 Å². The van der Waals surface area contributed by atoms with E-state index in [1.807, 2.05) is 19.1 Å². The molecule has 180 valence electrons. The average molecular weight is 482 g/mol. The Morgan fingerprint density at radius 2 is 1.75 bits per heavy atom. The van der Waals surface area contributed by atoms with Crippen LogP contribution in [0.1, 0.15) is 26.2 Å². The second-order valence-electron chi connectivity index (χ2n) is 9.95. The van der Waals surface area contributed by atoms with Crippen molar-refractivity contribution in [1.29, 1.82) is 0 Å². The predicted molar refractivity (Wildman–Crippen MR) is 132 cm³/mol. The lowest BCUT2D eigenvalue weighted by molar-refractivity contribution is -0.133. The maximum atomic E-state index is 13.9. The molecule has 0 aromatic heterocycles. The van der Waals surface area contributed by atoms with Crippen LogP contribution in [-0.4, -0.2) is 34.0 Å². The molecule has 0 saturated carbocycles. The lowest BCUT2D eigenvalue weighted by atomic mass is 9.67. The zero-order valence-electron chi connectivity index (χ0n) is 19.5. The van der Waals surface area contributed by atoms with E-state index in [0.29, 0.717) is 35.0 Å². The number of aromatic hydroxyl groups is 1. The van der Waals surface area contributed by atoms with Gasteiger partial charge in [0.05, 0.1) is 47.4 Å². The average Bonchev–Trinajstić information content (AvgIpc) is 3.44. The van der Waals surface area contributed by atoms with Gasteiger partial charge in [0.1, 0.15) is 5.75 Å². The Balaban J connectivity index is 1.37. The van der Waals surface area contributed by atoms with E-state index in [0.717, 1.165) is 0 Å². The molecule has 3 amide bonds. The molecule has 8 nitrogen and oxygen atoms in total. The van der Waals surface area contributed by atoms with Gasteiger partial charge in [-0.05, 0) is 48.7 Å². The van der Waals surface area contributed by atoms with Crippen molar-refractivity contribution in [2.45, 2.75) is 37.4 Å². The number of ether oxygens (including phenoxy) is 1. The summed E-state index contributed by atoms with van der Waals surface area (Å²) < 4.78 is 6.37. The summed E-state index contributed by atoms with van der Waals surface area (Å²) in [7, 11) is 0. The first-order chi connectivity index (χ1) is 17.3. The van der Waals surface area contributed by atoms with Gasteiger partial charge >= 0.3 is 0 Å². The fraction of sp³-hybridized carbons (Fsp3) is 0.286. The molecule has 4 atom stereocenters. The van der Waals surface area contributed by atoms with Crippen LogP contribution in [0, 0.1) is 18.4 Å². The third-order valence-corrected chi connectivity index (χ3v) is 7.89. The van der Waals surface area contributed by atoms with Gasteiger partial charge in [0.25, 0.3) is 0 Å². The number of phenols is 1. The van der Waals surface area contributed by atoms with Crippen LogP contribution >= 0.6 is 0 Å². The molecule has 3 aliphatic heterocycles. The number of carbonyl (C=O) groups is 3. The Morgan fingerprint density at radius 1 is 1.06 bits per heavy atom. The van der Waals surface area contributed by atoms with Crippen molar-refractivity contribution in [3.05, 3.63) is 72.1 Å². The van der Waals surface area contributed by atoms with E-state index in [2.05, 4.69) is 10.2 Å². The molecule has 6 rings (SSSR count). The van der Waals surface area contributed by atoms with E-state index in [4.69, 9.17) is 11.3 Å². The van der Waals surface area contributed by atoms with Crippen LogP contribution in [0.4, 0.5) is 17.1 Å². The zero-order valence-corrected chi connectivity index (χ0v) is 19.5. The van der Waals surface area contributed by atoms with Crippen LogP contribution in [0.5, 0.6) is 5.75 Å². The largest absolute Gasteiger partial charge is 0.506 e. The summed E-state index contributed by atoms with van der Waals surface area (Å²) in [6.07, 6.45) is 0.924. The number of imide groups is 1. The minimum Gasteiger partial charge on any atom is -0.506 e. The lowest BCUT2D eigenvalue weighted by Gasteiger charge is -2.30. The molecule has 3 aliphatic rings. The van der Waals surface area contributed by atoms with Gasteiger partial charge in [0.2, 0.25) is 17.7 Å². The van der Waals surface area contributed by atoms with Crippen molar-refractivity contribution < 1.29 is 24.2 Å². The number of rotatable bonds is 4. The van der Waals surface area contributed by atoms with Gasteiger partial charge in [-0.3, -0.25) is 14.4 Å². The number of phenolic OH excluding ortho intramolecular Hbond substituents is 1. The fourth-order valence-corrected chi connectivity index (χ4v) is 6.36. The van der Waals surface area contributed by atoms with E-state index < -0.39 is 28.9 Å². The molecule has 2 bridgehead atoms. The summed E-state index contributed by atoms with van der Waals surface area (Å²) in [5.41, 5.74) is -0.800. The fourth-order valence-electron chi connectivity index (χ4n) is 6.36. The SMILES string of the molecule is [C-]#[N+]c1ccc(N2C(=O)[C@@H]3[C@H](C2=O)C2(C)CCC3(CC(=O)Nc3ccccc3O)O2)c2ccccc12. The summed E-state index contributed by atoms with van der Waals surface area (Å²) in [5.74, 6) is -2.67. The highest BCUT2D eigenvalue weighted by atomic mass is 16.5. The molecule has 3 aromatic rings. The van der Waals surface area contributed by atoms with E-state index in [1.165, 1.54) is 11.0 Å². The number of nitrogens with one attached hydrogen (secondary N) is 1. The van der Waals surface area contributed by atoms with Crippen LogP contribution < -0.4 is 10.2 Å². The quantitative estimate of drug-likeness (QED) is 0.324. The van der Waals surface area contributed by atoms with E-state index in [9.17, 15) is 19.5 Å². The summed E-state index contributed by atoms with van der Waals surface area (Å²) in [4.78, 5) is 45.5. The monoisotopic (exact) mass is 481 g/mol. The second kappa shape index (κ2) is 7.64. The number of para-hydroxylation sites is 2. The van der Waals surface area contributed by atoms with Gasteiger partial charge in [-0.2, -0.15) is 0 Å². The first kappa shape index (κ1) is 22.3. The molecule has 0 aliphatic carbocycles. The lowest BCUT2D eigenvalue weighted by Crippen LogP contribution is -2.44. The Kier molecular flexibility index (Phi) is 4.72. The number of nitrogens with zero attached hydrogens (tertiary/aromatic N) is 2. The predicted octanol–water partition coefficient (Wildman–Crippen LogP) is 4.55. The first-order valence-electron chi connectivity index (χ1n) is 11.8. The minimum atomic E-state index is -1.11. The van der Waals surface area contributed by atoms with Crippen LogP contribution in [0.15, 0.2) is 60.7 Å². The van der Waals surface area contributed by atoms with Gasteiger partial charge in [-0.15, -0.1) is 0 Å². The van der Waals surface area contributed by atoms with Crippen molar-refractivity contribution in [3.8, 4) is 5.75 Å². The van der Waals surface area contributed by atoms with Crippen LogP contribution in [0.2, 0.25) is 0 Å². The number of carbonyl (C=O) groups excluding carboxylic acids is 3. The third-order valence-electron chi connectivity index (χ3n) is 7.89. The number of hydrogen-bond donors (Lipinski definition) is 2. The molecule has 3 saturated heterocycles. The molecule has 3 fully saturated rings. The summed E-state index contributed by atoms with van der Waals surface area (Å²) in [6, 6.07) is 16.9. The van der Waals surface area contributed by atoms with Crippen molar-refractivity contribution in [1.82, 2.24) is 0 Å². The summed E-state index contributed by atoms with van der Waals surface area (Å²) >= 11 is 0. The summed E-state index contributed by atoms with van der Waals surface area (Å²) in [5, 5.41) is 14.1. The molecule has 36 heavy (non-hydrogen) atoms. The van der Waals surface area contributed by atoms with Gasteiger partial charge in [0.15, 0.2) is 5.69 Å². The topological polar surface area (TPSA) is 100 Å². The van der Waals surface area contributed by atoms with E-state index >= 15 is 0 Å². The number of benzene rings is 3. The summed E-state index contributed by atoms with van der Waals surface area (Å²) in [6.45, 7) is 9.31. The molecule has 3 aromatic carbocycles. The number of amides is 3. The standard InChI is InChI=1S/C28H23N3O5/c1-27-13-14-28(36-27,15-22(33)30-19-9-5-6-10-21(19)32)24-23(27)25(34)31(26(24)35)20-12-11-18(29-2)16-7-3-4-8-17(16)20/h3-12,23-24,32H,13-15H2,1H3,(H,30,33)/t23-,24+,27?,28?/m1/s1. The maximum Gasteiger partial charge on any atom is 0.240 e. The van der Waals surface area contributed by atoms with E-state index in [-0.39, 0.29) is 29.7 Å². The van der Waals surface area contributed by atoms with Crippen molar-refractivity contribution in [2.24, 2.45) is 11.8 Å². The Morgan fingerprint density at radius 3 is 2.50 bits per heavy atom. The van der Waals surface area contributed by atoms with Gasteiger partial charge in [-0.1, -0.05) is 42.5 Å². The highest BCUT2D eigenvalue weighted by molar-refractivity contribution is 6.26. The molecule has 3 heterocycles. The number of anilines is 2. The van der Waals surface area contributed by atoms with Gasteiger partial charge < -0.3 is 15.2 Å². The molecule has 8 heteroatoms. The highest BCUT2D eigenvalue weighted by Gasteiger charge is 2.74. The Labute approximate surface area is 207 Å². The normalized spacial score (nSPS) is 28.4. The third kappa shape index (κ3) is 2.99. The molecular formula is C28H23N3O5. The first-order valence-corrected chi connectivity index (χ1v) is 11.8. The highest BCUT2D eigenvalue weighted by Crippen LogP contribution is 2.62. The molecule has 0 spiro atoms. The van der Waals surface area contributed by atoms with Gasteiger partial charge in [0, 0.05) is 0 Å². The van der Waals surface area contributed by atoms with Crippen LogP contribution in [-0.2, 0) is 19.1 Å². The Hall–Kier alpha value is -4.22. The number of fused-ring (bicyclic) bond motifs is 6. The van der Waals surface area contributed by atoms with Gasteiger partial charge in [-0.25, -0.2) is 9.74 Å². The smallest absolute Gasteiger partial charge is 0.240 e. The van der Waals surface area contributed by atoms with Crippen LogP contribution in [0.25, 0.3) is 15.6 Å². The molecular weight excluding hydrogens is 458 g/mol. The number of hydrogen-bond acceptors (Lipinski definition) is 5. The molecule has 0 radical (unpaired) electrons. The van der Waals surface area contributed by atoms with Crippen molar-refractivity contribution >= 4 is 45.6 Å². The molecule has 2 unspecified atom stereocenters. The Bertz CT molecular complexity index is 1510.